The maximum Gasteiger partial charge on any atom is 0.412 e. The normalized spacial score (nSPS) is 10.8. The van der Waals surface area contributed by atoms with Crippen molar-refractivity contribution in [2.75, 3.05) is 5.32 Å². The van der Waals surface area contributed by atoms with Crippen LogP contribution in [0.2, 0.25) is 0 Å². The fourth-order valence-electron chi connectivity index (χ4n) is 1.25. The van der Waals surface area contributed by atoms with Crippen LogP contribution in [-0.2, 0) is 4.74 Å². The first-order valence-corrected chi connectivity index (χ1v) is 5.27. The van der Waals surface area contributed by atoms with Gasteiger partial charge >= 0.3 is 6.09 Å². The summed E-state index contributed by atoms with van der Waals surface area (Å²) in [4.78, 5) is 11.6. The fraction of sp³-hybridized carbons (Fsp3) is 0.308. The summed E-state index contributed by atoms with van der Waals surface area (Å²) in [6.07, 6.45) is 1.01. The summed E-state index contributed by atoms with van der Waals surface area (Å²) in [5.41, 5.74) is 0.637. The van der Waals surface area contributed by atoms with Crippen LogP contribution in [0.1, 0.15) is 26.3 Å². The Bertz CT molecular complexity index is 433. The highest BCUT2D eigenvalue weighted by molar-refractivity contribution is 5.88. The molecule has 2 N–H and O–H groups in total. The first-order valence-electron chi connectivity index (χ1n) is 5.27. The van der Waals surface area contributed by atoms with E-state index in [1.807, 2.05) is 0 Å². The molecule has 0 aliphatic heterocycles. The minimum atomic E-state index is -0.546. The van der Waals surface area contributed by atoms with Crippen LogP contribution in [0, 0.1) is 0 Å². The van der Waals surface area contributed by atoms with E-state index in [4.69, 9.17) is 4.74 Å². The lowest BCUT2D eigenvalue weighted by molar-refractivity contribution is 0.0636. The number of phenols is 1. The first kappa shape index (κ1) is 13.1. The second-order valence-electron chi connectivity index (χ2n) is 4.60. The van der Waals surface area contributed by atoms with E-state index in [-0.39, 0.29) is 5.75 Å². The van der Waals surface area contributed by atoms with Crippen LogP contribution in [0.3, 0.4) is 0 Å². The third-order valence-corrected chi connectivity index (χ3v) is 1.89. The van der Waals surface area contributed by atoms with Gasteiger partial charge in [-0.1, -0.05) is 12.7 Å². The number of carbonyl (C=O) groups is 1. The van der Waals surface area contributed by atoms with Crippen molar-refractivity contribution in [3.05, 3.63) is 30.3 Å². The lowest BCUT2D eigenvalue weighted by atomic mass is 10.1. The van der Waals surface area contributed by atoms with Crippen molar-refractivity contribution in [2.24, 2.45) is 0 Å². The molecule has 1 aromatic carbocycles. The summed E-state index contributed by atoms with van der Waals surface area (Å²) in [5, 5.41) is 11.9. The summed E-state index contributed by atoms with van der Waals surface area (Å²) in [6, 6.07) is 4.59. The van der Waals surface area contributed by atoms with E-state index in [9.17, 15) is 9.90 Å². The molecule has 0 aromatic heterocycles. The molecular weight excluding hydrogens is 218 g/mol. The monoisotopic (exact) mass is 235 g/mol. The number of phenolic OH excluding ortho intramolecular Hbond substituents is 1. The number of hydrogen-bond donors (Lipinski definition) is 2. The summed E-state index contributed by atoms with van der Waals surface area (Å²) in [5.74, 6) is 0.120. The number of nitrogens with one attached hydrogen (secondary N) is 1. The predicted octanol–water partition coefficient (Wildman–Crippen LogP) is 3.38. The van der Waals surface area contributed by atoms with Crippen LogP contribution in [0.15, 0.2) is 24.8 Å². The average Bonchev–Trinajstić information content (AvgIpc) is 2.17. The Morgan fingerprint density at radius 2 is 2.12 bits per heavy atom. The number of ether oxygens (including phenoxy) is 1. The zero-order valence-corrected chi connectivity index (χ0v) is 10.3. The van der Waals surface area contributed by atoms with Crippen molar-refractivity contribution in [1.82, 2.24) is 0 Å². The highest BCUT2D eigenvalue weighted by Gasteiger charge is 2.16. The first-order chi connectivity index (χ1) is 7.81. The quantitative estimate of drug-likeness (QED) is 0.772. The molecule has 17 heavy (non-hydrogen) atoms. The van der Waals surface area contributed by atoms with Gasteiger partial charge in [-0.15, -0.1) is 0 Å². The van der Waals surface area contributed by atoms with Gasteiger partial charge in [0.25, 0.3) is 0 Å². The van der Waals surface area contributed by atoms with E-state index >= 15 is 0 Å². The number of anilines is 1. The minimum absolute atomic E-state index is 0.120. The van der Waals surface area contributed by atoms with E-state index < -0.39 is 11.7 Å². The summed E-state index contributed by atoms with van der Waals surface area (Å²) in [7, 11) is 0. The molecule has 92 valence electrons. The molecular formula is C13H17NO3. The van der Waals surface area contributed by atoms with Crippen molar-refractivity contribution in [3.8, 4) is 5.75 Å². The minimum Gasteiger partial charge on any atom is -0.508 e. The smallest absolute Gasteiger partial charge is 0.412 e. The maximum absolute atomic E-state index is 11.6. The van der Waals surface area contributed by atoms with Gasteiger partial charge in [-0.2, -0.15) is 0 Å². The van der Waals surface area contributed by atoms with Crippen LogP contribution in [0.5, 0.6) is 5.75 Å². The van der Waals surface area contributed by atoms with Crippen molar-refractivity contribution >= 4 is 17.9 Å². The van der Waals surface area contributed by atoms with Gasteiger partial charge < -0.3 is 9.84 Å². The topological polar surface area (TPSA) is 58.6 Å². The number of rotatable bonds is 2. The lowest BCUT2D eigenvalue weighted by Gasteiger charge is -2.20. The number of benzene rings is 1. The van der Waals surface area contributed by atoms with Gasteiger partial charge in [-0.25, -0.2) is 4.79 Å². The average molecular weight is 235 g/mol. The highest BCUT2D eigenvalue weighted by Crippen LogP contribution is 2.22. The number of aromatic hydroxyl groups is 1. The molecule has 4 nitrogen and oxygen atoms in total. The van der Waals surface area contributed by atoms with Gasteiger partial charge in [0, 0.05) is 5.56 Å². The van der Waals surface area contributed by atoms with Crippen LogP contribution < -0.4 is 5.32 Å². The Morgan fingerprint density at radius 1 is 1.47 bits per heavy atom. The van der Waals surface area contributed by atoms with Gasteiger partial charge in [0.15, 0.2) is 0 Å². The standard InChI is InChI=1S/C13H17NO3/c1-5-9-8-10(15)6-7-11(9)14-12(16)17-13(2,3)4/h5-8,15H,1H2,2-4H3,(H,14,16). The Balaban J connectivity index is 2.81. The highest BCUT2D eigenvalue weighted by atomic mass is 16.6. The van der Waals surface area contributed by atoms with E-state index in [0.29, 0.717) is 11.3 Å². The maximum atomic E-state index is 11.6. The molecule has 1 rings (SSSR count). The van der Waals surface area contributed by atoms with E-state index in [1.54, 1.807) is 32.9 Å². The molecule has 0 bridgehead atoms. The van der Waals surface area contributed by atoms with Gasteiger partial charge in [-0.05, 0) is 39.0 Å². The van der Waals surface area contributed by atoms with Crippen molar-refractivity contribution in [2.45, 2.75) is 26.4 Å². The summed E-state index contributed by atoms with van der Waals surface area (Å²) >= 11 is 0. The Labute approximate surface area is 101 Å². The van der Waals surface area contributed by atoms with E-state index in [0.717, 1.165) is 0 Å². The lowest BCUT2D eigenvalue weighted by Crippen LogP contribution is -2.27. The SMILES string of the molecule is C=Cc1cc(O)ccc1NC(=O)OC(C)(C)C. The van der Waals surface area contributed by atoms with E-state index in [2.05, 4.69) is 11.9 Å². The van der Waals surface area contributed by atoms with Gasteiger partial charge in [0.05, 0.1) is 5.69 Å². The zero-order chi connectivity index (χ0) is 13.1. The molecule has 0 radical (unpaired) electrons. The zero-order valence-electron chi connectivity index (χ0n) is 10.3. The fourth-order valence-corrected chi connectivity index (χ4v) is 1.25. The second-order valence-corrected chi connectivity index (χ2v) is 4.60. The molecule has 0 aliphatic rings. The van der Waals surface area contributed by atoms with Crippen molar-refractivity contribution in [1.29, 1.82) is 0 Å². The predicted molar refractivity (Wildman–Crippen MR) is 68.1 cm³/mol. The molecule has 0 aliphatic carbocycles. The largest absolute Gasteiger partial charge is 0.508 e. The van der Waals surface area contributed by atoms with Gasteiger partial charge in [-0.3, -0.25) is 5.32 Å². The molecule has 1 amide bonds. The summed E-state index contributed by atoms with van der Waals surface area (Å²) in [6.45, 7) is 8.98. The van der Waals surface area contributed by atoms with Crippen molar-refractivity contribution in [3.63, 3.8) is 0 Å². The Kier molecular flexibility index (Phi) is 3.78. The van der Waals surface area contributed by atoms with Crippen LogP contribution in [0.4, 0.5) is 10.5 Å². The van der Waals surface area contributed by atoms with Crippen LogP contribution in [-0.4, -0.2) is 16.8 Å². The summed E-state index contributed by atoms with van der Waals surface area (Å²) < 4.78 is 5.12. The van der Waals surface area contributed by atoms with Gasteiger partial charge in [0.2, 0.25) is 0 Å². The van der Waals surface area contributed by atoms with Crippen LogP contribution in [0.25, 0.3) is 6.08 Å². The second kappa shape index (κ2) is 4.91. The number of carbonyl (C=O) groups excluding carboxylic acids is 1. The molecule has 0 saturated carbocycles. The molecule has 0 saturated heterocycles. The molecule has 0 atom stereocenters. The van der Waals surface area contributed by atoms with Gasteiger partial charge in [0.1, 0.15) is 11.4 Å². The third-order valence-electron chi connectivity index (χ3n) is 1.89. The Morgan fingerprint density at radius 3 is 2.65 bits per heavy atom. The number of hydrogen-bond acceptors (Lipinski definition) is 3. The number of amides is 1. The van der Waals surface area contributed by atoms with Crippen LogP contribution >= 0.6 is 0 Å². The molecule has 0 unspecified atom stereocenters. The van der Waals surface area contributed by atoms with E-state index in [1.165, 1.54) is 12.1 Å². The molecule has 1 aromatic rings. The molecule has 4 heteroatoms. The molecule has 0 fully saturated rings. The molecule has 0 heterocycles. The molecule has 0 spiro atoms. The Hall–Kier alpha value is -1.97. The van der Waals surface area contributed by atoms with Crippen molar-refractivity contribution < 1.29 is 14.6 Å². The third kappa shape index (κ3) is 4.18.